The van der Waals surface area contributed by atoms with Gasteiger partial charge in [-0.2, -0.15) is 5.10 Å². The van der Waals surface area contributed by atoms with Crippen molar-refractivity contribution < 1.29 is 9.53 Å². The Morgan fingerprint density at radius 1 is 1.29 bits per heavy atom. The Morgan fingerprint density at radius 3 is 2.71 bits per heavy atom. The van der Waals surface area contributed by atoms with Gasteiger partial charge in [0.25, 0.3) is 0 Å². The summed E-state index contributed by atoms with van der Waals surface area (Å²) in [4.78, 5) is 17.4. The standard InChI is InChI=1S/C28H41N5O2/c1-18-8-9-22(32(7)27(34)21(4)33-16-19(2)35-20(3)17-33)11-13-29-24(14-18)26-23-10-12-28(5,6)15-25(23)30-31-26/h8-9,11,14,19-21,29H,1,10,12-13,15-17H2,2-7H3,(H,30,31)/b9-8-,22-11+,24-14?. The minimum atomic E-state index is -0.222. The van der Waals surface area contributed by atoms with Gasteiger partial charge in [-0.25, -0.2) is 0 Å². The minimum absolute atomic E-state index is 0.0734. The number of rotatable bonds is 4. The zero-order chi connectivity index (χ0) is 25.3. The normalized spacial score (nSPS) is 28.2. The molecule has 7 heteroatoms. The van der Waals surface area contributed by atoms with Crippen LogP contribution in [-0.4, -0.2) is 70.8 Å². The second-order valence-corrected chi connectivity index (χ2v) is 11.1. The van der Waals surface area contributed by atoms with E-state index < -0.39 is 0 Å². The third-order valence-electron chi connectivity index (χ3n) is 7.39. The summed E-state index contributed by atoms with van der Waals surface area (Å²) in [5, 5.41) is 11.5. The van der Waals surface area contributed by atoms with Crippen molar-refractivity contribution in [2.75, 3.05) is 26.7 Å². The van der Waals surface area contributed by atoms with Crippen LogP contribution in [0.25, 0.3) is 5.70 Å². The Bertz CT molecular complexity index is 1050. The Hall–Kier alpha value is -2.64. The SMILES string of the molecule is C=C1C=C(c2n[nH]c3c2CCC(C)(C)C3)NC/C=C(N(C)C(=O)C(C)N2CC(C)OC(C)C2)\C=C/1. The van der Waals surface area contributed by atoms with Crippen LogP contribution in [0.3, 0.4) is 0 Å². The molecule has 2 aliphatic heterocycles. The van der Waals surface area contributed by atoms with Crippen LogP contribution in [0, 0.1) is 5.41 Å². The van der Waals surface area contributed by atoms with Crippen LogP contribution >= 0.6 is 0 Å². The highest BCUT2D eigenvalue weighted by atomic mass is 16.5. The lowest BCUT2D eigenvalue weighted by atomic mass is 9.76. The Labute approximate surface area is 210 Å². The largest absolute Gasteiger partial charge is 0.380 e. The molecule has 1 aromatic heterocycles. The van der Waals surface area contributed by atoms with Gasteiger partial charge in [0.1, 0.15) is 5.69 Å². The van der Waals surface area contributed by atoms with Crippen molar-refractivity contribution in [1.82, 2.24) is 25.3 Å². The lowest BCUT2D eigenvalue weighted by molar-refractivity contribution is -0.138. The molecular weight excluding hydrogens is 438 g/mol. The van der Waals surface area contributed by atoms with Crippen molar-refractivity contribution in [3.63, 3.8) is 0 Å². The summed E-state index contributed by atoms with van der Waals surface area (Å²) in [6, 6.07) is -0.222. The van der Waals surface area contributed by atoms with Crippen LogP contribution in [0.4, 0.5) is 0 Å². The molecule has 2 N–H and O–H groups in total. The molecule has 1 aliphatic carbocycles. The topological polar surface area (TPSA) is 73.5 Å². The van der Waals surface area contributed by atoms with Crippen molar-refractivity contribution in [2.24, 2.45) is 5.41 Å². The summed E-state index contributed by atoms with van der Waals surface area (Å²) >= 11 is 0. The number of hydrogen-bond donors (Lipinski definition) is 2. The first-order valence-electron chi connectivity index (χ1n) is 12.8. The second-order valence-electron chi connectivity index (χ2n) is 11.1. The third-order valence-corrected chi connectivity index (χ3v) is 7.39. The van der Waals surface area contributed by atoms with Crippen molar-refractivity contribution in [3.8, 4) is 0 Å². The molecule has 0 saturated carbocycles. The number of nitrogens with one attached hydrogen (secondary N) is 2. The summed E-state index contributed by atoms with van der Waals surface area (Å²) in [6.07, 6.45) is 11.5. The maximum absolute atomic E-state index is 13.4. The predicted molar refractivity (Wildman–Crippen MR) is 141 cm³/mol. The van der Waals surface area contributed by atoms with Crippen molar-refractivity contribution in [1.29, 1.82) is 0 Å². The molecule has 3 heterocycles. The summed E-state index contributed by atoms with van der Waals surface area (Å²) in [5.74, 6) is 0.0734. The number of H-pyrrole nitrogens is 1. The fraction of sp³-hybridized carbons (Fsp3) is 0.571. The molecule has 4 rings (SSSR count). The van der Waals surface area contributed by atoms with E-state index in [1.54, 1.807) is 4.90 Å². The summed E-state index contributed by atoms with van der Waals surface area (Å²) in [6.45, 7) is 17.1. The number of aromatic nitrogens is 2. The zero-order valence-electron chi connectivity index (χ0n) is 22.1. The Balaban J connectivity index is 1.48. The first-order chi connectivity index (χ1) is 16.5. The molecule has 0 bridgehead atoms. The molecule has 0 aromatic carbocycles. The Kier molecular flexibility index (Phi) is 7.38. The summed E-state index contributed by atoms with van der Waals surface area (Å²) in [7, 11) is 1.85. The number of allylic oxidation sites excluding steroid dienone is 4. The number of fused-ring (bicyclic) bond motifs is 1. The molecule has 1 saturated heterocycles. The van der Waals surface area contributed by atoms with Gasteiger partial charge in [0.05, 0.1) is 23.9 Å². The van der Waals surface area contributed by atoms with Gasteiger partial charge >= 0.3 is 0 Å². The van der Waals surface area contributed by atoms with E-state index >= 15 is 0 Å². The number of amides is 1. The maximum atomic E-state index is 13.4. The van der Waals surface area contributed by atoms with Crippen LogP contribution < -0.4 is 5.32 Å². The number of morpholine rings is 1. The quantitative estimate of drug-likeness (QED) is 0.687. The average molecular weight is 480 g/mol. The monoisotopic (exact) mass is 479 g/mol. The van der Waals surface area contributed by atoms with E-state index in [1.165, 1.54) is 11.3 Å². The molecule has 7 nitrogen and oxygen atoms in total. The Morgan fingerprint density at radius 2 is 2.00 bits per heavy atom. The molecule has 1 fully saturated rings. The molecule has 1 aromatic rings. The van der Waals surface area contributed by atoms with Gasteiger partial charge in [0.15, 0.2) is 0 Å². The third kappa shape index (κ3) is 5.78. The van der Waals surface area contributed by atoms with Gasteiger partial charge in [0, 0.05) is 43.6 Å². The van der Waals surface area contributed by atoms with Crippen LogP contribution in [0.1, 0.15) is 58.0 Å². The maximum Gasteiger partial charge on any atom is 0.243 e. The number of hydrogen-bond acceptors (Lipinski definition) is 5. The van der Waals surface area contributed by atoms with Gasteiger partial charge in [-0.05, 0) is 69.2 Å². The number of carbonyl (C=O) groups excluding carboxylic acids is 1. The van der Waals surface area contributed by atoms with Crippen LogP contribution in [0.2, 0.25) is 0 Å². The fourth-order valence-corrected chi connectivity index (χ4v) is 5.38. The molecule has 1 amide bonds. The average Bonchev–Trinajstić information content (AvgIpc) is 3.22. The number of nitrogens with zero attached hydrogens (tertiary/aromatic N) is 3. The predicted octanol–water partition coefficient (Wildman–Crippen LogP) is 3.82. The van der Waals surface area contributed by atoms with E-state index in [1.807, 2.05) is 32.2 Å². The zero-order valence-corrected chi connectivity index (χ0v) is 22.1. The lowest BCUT2D eigenvalue weighted by Crippen LogP contribution is -2.54. The molecule has 0 spiro atoms. The van der Waals surface area contributed by atoms with Gasteiger partial charge in [-0.1, -0.05) is 26.5 Å². The van der Waals surface area contributed by atoms with Gasteiger partial charge < -0.3 is 15.0 Å². The van der Waals surface area contributed by atoms with E-state index in [0.29, 0.717) is 12.0 Å². The van der Waals surface area contributed by atoms with Gasteiger partial charge in [0.2, 0.25) is 5.91 Å². The molecule has 3 atom stereocenters. The highest BCUT2D eigenvalue weighted by Crippen LogP contribution is 2.36. The van der Waals surface area contributed by atoms with E-state index in [4.69, 9.17) is 4.74 Å². The first kappa shape index (κ1) is 25.5. The van der Waals surface area contributed by atoms with E-state index in [-0.39, 0.29) is 24.2 Å². The van der Waals surface area contributed by atoms with Gasteiger partial charge in [-0.15, -0.1) is 0 Å². The molecular formula is C28H41N5O2. The van der Waals surface area contributed by atoms with Crippen LogP contribution in [0.5, 0.6) is 0 Å². The summed E-state index contributed by atoms with van der Waals surface area (Å²) < 4.78 is 5.84. The highest BCUT2D eigenvalue weighted by molar-refractivity contribution is 5.83. The van der Waals surface area contributed by atoms with E-state index in [9.17, 15) is 4.79 Å². The second kappa shape index (κ2) is 10.2. The van der Waals surface area contributed by atoms with Gasteiger partial charge in [-0.3, -0.25) is 14.8 Å². The van der Waals surface area contributed by atoms with E-state index in [2.05, 4.69) is 60.8 Å². The molecule has 0 radical (unpaired) electrons. The first-order valence-corrected chi connectivity index (χ1v) is 12.8. The molecule has 3 aliphatic rings. The number of likely N-dealkylation sites (N-methyl/N-ethyl adjacent to an activating group) is 1. The number of aromatic amines is 1. The fourth-order valence-electron chi connectivity index (χ4n) is 5.38. The number of ether oxygens (including phenoxy) is 1. The smallest absolute Gasteiger partial charge is 0.243 e. The summed E-state index contributed by atoms with van der Waals surface area (Å²) in [5.41, 5.74) is 6.50. The molecule has 35 heavy (non-hydrogen) atoms. The number of carbonyl (C=O) groups is 1. The van der Waals surface area contributed by atoms with Crippen LogP contribution in [0.15, 0.2) is 42.2 Å². The van der Waals surface area contributed by atoms with Crippen molar-refractivity contribution in [3.05, 3.63) is 59.1 Å². The highest BCUT2D eigenvalue weighted by Gasteiger charge is 2.32. The van der Waals surface area contributed by atoms with E-state index in [0.717, 1.165) is 55.0 Å². The minimum Gasteiger partial charge on any atom is -0.380 e. The van der Waals surface area contributed by atoms with Crippen molar-refractivity contribution in [2.45, 2.75) is 72.1 Å². The lowest BCUT2D eigenvalue weighted by Gasteiger charge is -2.39. The molecule has 190 valence electrons. The van der Waals surface area contributed by atoms with Crippen LogP contribution in [-0.2, 0) is 22.4 Å². The van der Waals surface area contributed by atoms with Crippen molar-refractivity contribution >= 4 is 11.6 Å². The molecule has 3 unspecified atom stereocenters.